The molecule has 0 bridgehead atoms. The minimum Gasteiger partial charge on any atom is -0.341 e. The molecule has 0 spiro atoms. The van der Waals surface area contributed by atoms with E-state index >= 15 is 0 Å². The number of carbonyl (C=O) groups excluding carboxylic acids is 1. The van der Waals surface area contributed by atoms with Crippen LogP contribution in [0.3, 0.4) is 0 Å². The zero-order valence-electron chi connectivity index (χ0n) is 11.2. The fourth-order valence-electron chi connectivity index (χ4n) is 2.15. The summed E-state index contributed by atoms with van der Waals surface area (Å²) in [5.41, 5.74) is 5.78. The van der Waals surface area contributed by atoms with E-state index in [2.05, 4.69) is 0 Å². The molecule has 0 aliphatic carbocycles. The van der Waals surface area contributed by atoms with Crippen LogP contribution in [0, 0.1) is 11.8 Å². The van der Waals surface area contributed by atoms with Crippen molar-refractivity contribution in [2.75, 3.05) is 13.1 Å². The summed E-state index contributed by atoms with van der Waals surface area (Å²) >= 11 is 0. The summed E-state index contributed by atoms with van der Waals surface area (Å²) in [7, 11) is 0. The first kappa shape index (κ1) is 18.5. The Hall–Kier alpha value is -0.490. The molecule has 3 nitrogen and oxygen atoms in total. The van der Waals surface area contributed by atoms with E-state index in [-0.39, 0.29) is 37.2 Å². The van der Waals surface area contributed by atoms with Crippen LogP contribution in [0.5, 0.6) is 0 Å². The summed E-state index contributed by atoms with van der Waals surface area (Å²) in [4.78, 5) is 13.3. The van der Waals surface area contributed by atoms with Gasteiger partial charge in [0.25, 0.3) is 0 Å². The smallest absolute Gasteiger partial charge is 0.341 e. The van der Waals surface area contributed by atoms with E-state index in [0.717, 1.165) is 6.42 Å². The number of nitrogens with zero attached hydrogens (tertiary/aromatic N) is 1. The Morgan fingerprint density at radius 1 is 1.47 bits per heavy atom. The molecular weight excluding hydrogens is 281 g/mol. The highest BCUT2D eigenvalue weighted by Gasteiger charge is 2.43. The second-order valence-corrected chi connectivity index (χ2v) is 5.08. The second-order valence-electron chi connectivity index (χ2n) is 5.08. The number of alkyl halides is 3. The molecule has 19 heavy (non-hydrogen) atoms. The van der Waals surface area contributed by atoms with Crippen LogP contribution in [0.1, 0.15) is 33.1 Å². The SMILES string of the molecule is CCC(C)C(N)C(=O)N1CCCC(C(F)(F)F)C1.Cl. The monoisotopic (exact) mass is 302 g/mol. The topological polar surface area (TPSA) is 46.3 Å². The summed E-state index contributed by atoms with van der Waals surface area (Å²) in [5.74, 6) is -1.76. The normalized spacial score (nSPS) is 23.5. The van der Waals surface area contributed by atoms with Crippen LogP contribution in [0.15, 0.2) is 0 Å². The van der Waals surface area contributed by atoms with Crippen LogP contribution in [-0.4, -0.2) is 36.1 Å². The van der Waals surface area contributed by atoms with E-state index < -0.39 is 18.1 Å². The molecule has 1 fully saturated rings. The predicted octanol–water partition coefficient (Wildman–Crippen LogP) is 2.58. The number of rotatable bonds is 3. The average Bonchev–Trinajstić information content (AvgIpc) is 2.35. The zero-order chi connectivity index (χ0) is 13.9. The maximum absolute atomic E-state index is 12.6. The quantitative estimate of drug-likeness (QED) is 0.871. The molecule has 1 amide bonds. The van der Waals surface area contributed by atoms with Gasteiger partial charge >= 0.3 is 6.18 Å². The van der Waals surface area contributed by atoms with Crippen LogP contribution in [0.4, 0.5) is 13.2 Å². The van der Waals surface area contributed by atoms with E-state index in [1.54, 1.807) is 0 Å². The molecular formula is C12H22ClF3N2O. The lowest BCUT2D eigenvalue weighted by atomic mass is 9.94. The number of hydrogen-bond donors (Lipinski definition) is 1. The molecule has 0 aromatic heterocycles. The van der Waals surface area contributed by atoms with Gasteiger partial charge in [-0.2, -0.15) is 13.2 Å². The lowest BCUT2D eigenvalue weighted by Crippen LogP contribution is -2.52. The standard InChI is InChI=1S/C12H21F3N2O.ClH/c1-3-8(2)10(16)11(18)17-6-4-5-9(7-17)12(13,14)15;/h8-10H,3-7,16H2,1-2H3;1H. The summed E-state index contributed by atoms with van der Waals surface area (Å²) < 4.78 is 37.9. The van der Waals surface area contributed by atoms with Crippen molar-refractivity contribution in [1.82, 2.24) is 4.90 Å². The number of piperidine rings is 1. The van der Waals surface area contributed by atoms with E-state index in [9.17, 15) is 18.0 Å². The second kappa shape index (κ2) is 7.33. The Balaban J connectivity index is 0.00000324. The average molecular weight is 303 g/mol. The molecule has 0 saturated carbocycles. The van der Waals surface area contributed by atoms with Crippen molar-refractivity contribution in [1.29, 1.82) is 0 Å². The molecule has 3 atom stereocenters. The van der Waals surface area contributed by atoms with Gasteiger partial charge in [-0.3, -0.25) is 4.79 Å². The first-order valence-electron chi connectivity index (χ1n) is 6.38. The van der Waals surface area contributed by atoms with Gasteiger partial charge in [0.1, 0.15) is 0 Å². The maximum atomic E-state index is 12.6. The molecule has 1 aliphatic rings. The number of likely N-dealkylation sites (tertiary alicyclic amines) is 1. The van der Waals surface area contributed by atoms with Crippen molar-refractivity contribution in [3.8, 4) is 0 Å². The van der Waals surface area contributed by atoms with E-state index in [4.69, 9.17) is 5.73 Å². The maximum Gasteiger partial charge on any atom is 0.393 e. The zero-order valence-corrected chi connectivity index (χ0v) is 12.1. The van der Waals surface area contributed by atoms with Crippen molar-refractivity contribution in [2.24, 2.45) is 17.6 Å². The largest absolute Gasteiger partial charge is 0.393 e. The fraction of sp³-hybridized carbons (Fsp3) is 0.917. The number of hydrogen-bond acceptors (Lipinski definition) is 2. The number of carbonyl (C=O) groups is 1. The Kier molecular flexibility index (Phi) is 7.15. The molecule has 2 N–H and O–H groups in total. The third-order valence-corrected chi connectivity index (χ3v) is 3.74. The molecule has 7 heteroatoms. The molecule has 3 unspecified atom stereocenters. The van der Waals surface area contributed by atoms with Crippen molar-refractivity contribution in [2.45, 2.75) is 45.3 Å². The Morgan fingerprint density at radius 3 is 2.53 bits per heavy atom. The highest BCUT2D eigenvalue weighted by Crippen LogP contribution is 2.33. The molecule has 0 aromatic rings. The summed E-state index contributed by atoms with van der Waals surface area (Å²) in [6, 6.07) is -0.693. The van der Waals surface area contributed by atoms with Crippen molar-refractivity contribution in [3.05, 3.63) is 0 Å². The third-order valence-electron chi connectivity index (χ3n) is 3.74. The van der Waals surface area contributed by atoms with E-state index in [1.807, 2.05) is 13.8 Å². The highest BCUT2D eigenvalue weighted by molar-refractivity contribution is 5.85. The Morgan fingerprint density at radius 2 is 2.05 bits per heavy atom. The molecule has 1 heterocycles. The van der Waals surface area contributed by atoms with Crippen LogP contribution < -0.4 is 5.73 Å². The number of halogens is 4. The Labute approximate surface area is 118 Å². The first-order chi connectivity index (χ1) is 8.27. The van der Waals surface area contributed by atoms with Gasteiger partial charge < -0.3 is 10.6 Å². The minimum absolute atomic E-state index is 0. The highest BCUT2D eigenvalue weighted by atomic mass is 35.5. The summed E-state index contributed by atoms with van der Waals surface area (Å²) in [5, 5.41) is 0. The Bertz CT molecular complexity index is 299. The van der Waals surface area contributed by atoms with Crippen molar-refractivity contribution < 1.29 is 18.0 Å². The van der Waals surface area contributed by atoms with E-state index in [0.29, 0.717) is 13.0 Å². The van der Waals surface area contributed by atoms with Crippen molar-refractivity contribution >= 4 is 18.3 Å². The first-order valence-corrected chi connectivity index (χ1v) is 6.38. The predicted molar refractivity (Wildman–Crippen MR) is 70.0 cm³/mol. The van der Waals surface area contributed by atoms with Gasteiger partial charge in [0.2, 0.25) is 5.91 Å². The summed E-state index contributed by atoms with van der Waals surface area (Å²) in [6.07, 6.45) is -2.99. The lowest BCUT2D eigenvalue weighted by molar-refractivity contribution is -0.188. The van der Waals surface area contributed by atoms with Gasteiger partial charge in [0.15, 0.2) is 0 Å². The van der Waals surface area contributed by atoms with Crippen LogP contribution >= 0.6 is 12.4 Å². The molecule has 0 aromatic carbocycles. The van der Waals surface area contributed by atoms with Gasteiger partial charge in [-0.1, -0.05) is 20.3 Å². The lowest BCUT2D eigenvalue weighted by Gasteiger charge is -2.36. The van der Waals surface area contributed by atoms with Gasteiger partial charge in [-0.25, -0.2) is 0 Å². The molecule has 0 radical (unpaired) electrons. The van der Waals surface area contributed by atoms with E-state index in [1.165, 1.54) is 4.90 Å². The van der Waals surface area contributed by atoms with Gasteiger partial charge in [0.05, 0.1) is 12.0 Å². The summed E-state index contributed by atoms with van der Waals surface area (Å²) in [6.45, 7) is 3.89. The van der Waals surface area contributed by atoms with Gasteiger partial charge in [-0.15, -0.1) is 12.4 Å². The van der Waals surface area contributed by atoms with Crippen LogP contribution in [0.2, 0.25) is 0 Å². The third kappa shape index (κ3) is 4.84. The fourth-order valence-corrected chi connectivity index (χ4v) is 2.15. The van der Waals surface area contributed by atoms with Crippen molar-refractivity contribution in [3.63, 3.8) is 0 Å². The number of amides is 1. The van der Waals surface area contributed by atoms with Crippen LogP contribution in [-0.2, 0) is 4.79 Å². The van der Waals surface area contributed by atoms with Gasteiger partial charge in [-0.05, 0) is 18.8 Å². The minimum atomic E-state index is -4.22. The molecule has 1 aliphatic heterocycles. The van der Waals surface area contributed by atoms with Crippen LogP contribution in [0.25, 0.3) is 0 Å². The van der Waals surface area contributed by atoms with Gasteiger partial charge in [0, 0.05) is 13.1 Å². The molecule has 1 rings (SSSR count). The number of nitrogens with two attached hydrogens (primary N) is 1. The molecule has 1 saturated heterocycles. The molecule has 114 valence electrons.